The van der Waals surface area contributed by atoms with Crippen molar-refractivity contribution in [1.29, 1.82) is 5.26 Å². The second-order valence-corrected chi connectivity index (χ2v) is 8.81. The molecular weight excluding hydrogens is 356 g/mol. The highest BCUT2D eigenvalue weighted by atomic mass is 19.1. The summed E-state index contributed by atoms with van der Waals surface area (Å²) in [4.78, 5) is 0. The van der Waals surface area contributed by atoms with E-state index in [1.807, 2.05) is 0 Å². The van der Waals surface area contributed by atoms with Gasteiger partial charge in [0.05, 0.1) is 6.10 Å². The minimum Gasteiger partial charge on any atom is -0.378 e. The molecule has 0 spiro atoms. The van der Waals surface area contributed by atoms with Crippen molar-refractivity contribution in [1.82, 2.24) is 0 Å². The molecule has 0 saturated heterocycles. The zero-order valence-electron chi connectivity index (χ0n) is 17.1. The molecule has 2 aliphatic rings. The van der Waals surface area contributed by atoms with Crippen LogP contribution in [-0.4, -0.2) is 12.7 Å². The van der Waals surface area contributed by atoms with Gasteiger partial charge in [0.25, 0.3) is 0 Å². The fraction of sp³-hybridized carbons (Fsp3) is 0.708. The summed E-state index contributed by atoms with van der Waals surface area (Å²) >= 11 is 0. The summed E-state index contributed by atoms with van der Waals surface area (Å²) < 4.78 is 34.0. The fourth-order valence-electron chi connectivity index (χ4n) is 4.95. The minimum atomic E-state index is -0.745. The predicted molar refractivity (Wildman–Crippen MR) is 107 cm³/mol. The molecule has 0 bridgehead atoms. The molecule has 28 heavy (non-hydrogen) atoms. The summed E-state index contributed by atoms with van der Waals surface area (Å²) in [5.41, 5.74) is 0.197. The van der Waals surface area contributed by atoms with Gasteiger partial charge in [0.1, 0.15) is 23.3 Å². The van der Waals surface area contributed by atoms with Crippen LogP contribution in [0.1, 0.15) is 94.6 Å². The van der Waals surface area contributed by atoms with Crippen LogP contribution in [0.2, 0.25) is 0 Å². The Labute approximate surface area is 168 Å². The van der Waals surface area contributed by atoms with Gasteiger partial charge in [-0.3, -0.25) is 0 Å². The minimum absolute atomic E-state index is 0.158. The number of nitriles is 1. The lowest BCUT2D eigenvalue weighted by Crippen LogP contribution is -2.25. The van der Waals surface area contributed by atoms with Gasteiger partial charge in [0, 0.05) is 6.61 Å². The fourth-order valence-corrected chi connectivity index (χ4v) is 4.95. The summed E-state index contributed by atoms with van der Waals surface area (Å²) in [6.07, 6.45) is 13.3. The maximum Gasteiger partial charge on any atom is 0.144 e. The molecule has 2 fully saturated rings. The molecule has 0 N–H and O–H groups in total. The van der Waals surface area contributed by atoms with Gasteiger partial charge in [-0.05, 0) is 74.0 Å². The largest absolute Gasteiger partial charge is 0.378 e. The number of hydrogen-bond acceptors (Lipinski definition) is 2. The molecule has 2 saturated carbocycles. The average molecular weight is 390 g/mol. The van der Waals surface area contributed by atoms with Crippen LogP contribution >= 0.6 is 0 Å². The van der Waals surface area contributed by atoms with Crippen molar-refractivity contribution >= 4 is 0 Å². The van der Waals surface area contributed by atoms with Gasteiger partial charge in [-0.15, -0.1) is 0 Å². The summed E-state index contributed by atoms with van der Waals surface area (Å²) in [6.45, 7) is 3.14. The summed E-state index contributed by atoms with van der Waals surface area (Å²) in [7, 11) is 0. The molecule has 1 aromatic carbocycles. The van der Waals surface area contributed by atoms with E-state index in [4.69, 9.17) is 10.00 Å². The monoisotopic (exact) mass is 389 g/mol. The molecule has 0 amide bonds. The van der Waals surface area contributed by atoms with Crippen molar-refractivity contribution < 1.29 is 13.5 Å². The van der Waals surface area contributed by atoms with Crippen molar-refractivity contribution in [3.05, 3.63) is 34.9 Å². The normalized spacial score (nSPS) is 28.1. The van der Waals surface area contributed by atoms with E-state index in [0.717, 1.165) is 38.2 Å². The summed E-state index contributed by atoms with van der Waals surface area (Å²) in [6, 6.07) is 4.27. The van der Waals surface area contributed by atoms with Gasteiger partial charge >= 0.3 is 0 Å². The third-order valence-electron chi connectivity index (χ3n) is 6.82. The number of rotatable bonds is 7. The van der Waals surface area contributed by atoms with E-state index in [1.165, 1.54) is 57.1 Å². The predicted octanol–water partition coefficient (Wildman–Crippen LogP) is 6.88. The highest BCUT2D eigenvalue weighted by Crippen LogP contribution is 2.36. The first-order chi connectivity index (χ1) is 13.6. The first kappa shape index (κ1) is 21.2. The number of hydrogen-bond donors (Lipinski definition) is 0. The third kappa shape index (κ3) is 5.54. The molecule has 0 unspecified atom stereocenters. The Kier molecular flexibility index (Phi) is 7.85. The first-order valence-corrected chi connectivity index (χ1v) is 11.1. The van der Waals surface area contributed by atoms with Gasteiger partial charge < -0.3 is 4.74 Å². The van der Waals surface area contributed by atoms with Crippen molar-refractivity contribution in [2.75, 3.05) is 6.61 Å². The third-order valence-corrected chi connectivity index (χ3v) is 6.82. The molecule has 154 valence electrons. The summed E-state index contributed by atoms with van der Waals surface area (Å²) in [5, 5.41) is 8.81. The van der Waals surface area contributed by atoms with Crippen LogP contribution in [-0.2, 0) is 4.74 Å². The zero-order chi connectivity index (χ0) is 19.9. The number of benzene rings is 1. The Morgan fingerprint density at radius 1 is 0.964 bits per heavy atom. The SMILES string of the molecule is CCCCC1CCC(COC2CCC(c3cc(F)c(C#N)c(F)c3)CC2)CC1. The Hall–Kier alpha value is -1.47. The van der Waals surface area contributed by atoms with E-state index in [1.54, 1.807) is 6.07 Å². The lowest BCUT2D eigenvalue weighted by molar-refractivity contribution is -0.00484. The Morgan fingerprint density at radius 3 is 2.14 bits per heavy atom. The molecule has 1 aromatic rings. The Balaban J connectivity index is 1.40. The van der Waals surface area contributed by atoms with Gasteiger partial charge in [-0.1, -0.05) is 39.0 Å². The van der Waals surface area contributed by atoms with Crippen LogP contribution in [0.4, 0.5) is 8.78 Å². The van der Waals surface area contributed by atoms with Gasteiger partial charge in [0.15, 0.2) is 0 Å². The number of ether oxygens (including phenoxy) is 1. The molecule has 2 nitrogen and oxygen atoms in total. The van der Waals surface area contributed by atoms with Crippen LogP contribution in [0, 0.1) is 34.8 Å². The highest BCUT2D eigenvalue weighted by Gasteiger charge is 2.26. The lowest BCUT2D eigenvalue weighted by Gasteiger charge is -2.32. The molecule has 2 aliphatic carbocycles. The van der Waals surface area contributed by atoms with Gasteiger partial charge in [-0.25, -0.2) is 8.78 Å². The quantitative estimate of drug-likeness (QED) is 0.509. The molecule has 0 radical (unpaired) electrons. The number of unbranched alkanes of at least 4 members (excludes halogenated alkanes) is 1. The molecule has 0 atom stereocenters. The zero-order valence-corrected chi connectivity index (χ0v) is 17.1. The van der Waals surface area contributed by atoms with Crippen molar-refractivity contribution in [3.63, 3.8) is 0 Å². The van der Waals surface area contributed by atoms with Crippen LogP contribution in [0.3, 0.4) is 0 Å². The smallest absolute Gasteiger partial charge is 0.144 e. The molecule has 0 aliphatic heterocycles. The van der Waals surface area contributed by atoms with E-state index in [9.17, 15) is 8.78 Å². The number of nitrogens with zero attached hydrogens (tertiary/aromatic N) is 1. The van der Waals surface area contributed by atoms with Crippen molar-refractivity contribution in [2.24, 2.45) is 11.8 Å². The second-order valence-electron chi connectivity index (χ2n) is 8.81. The standard InChI is InChI=1S/C24H33F2NO/c1-2-3-4-17-5-7-18(8-6-17)16-28-21-11-9-19(10-12-21)20-13-23(25)22(15-27)24(26)14-20/h13-14,17-19,21H,2-12,16H2,1H3. The molecule has 3 rings (SSSR count). The Morgan fingerprint density at radius 2 is 1.57 bits per heavy atom. The van der Waals surface area contributed by atoms with E-state index >= 15 is 0 Å². The maximum absolute atomic E-state index is 13.9. The number of halogens is 2. The van der Waals surface area contributed by atoms with E-state index in [0.29, 0.717) is 11.5 Å². The van der Waals surface area contributed by atoms with E-state index < -0.39 is 17.2 Å². The highest BCUT2D eigenvalue weighted by molar-refractivity contribution is 5.36. The van der Waals surface area contributed by atoms with E-state index in [2.05, 4.69) is 6.92 Å². The van der Waals surface area contributed by atoms with Crippen molar-refractivity contribution in [2.45, 2.75) is 89.6 Å². The Bertz CT molecular complexity index is 645. The second kappa shape index (κ2) is 10.3. The van der Waals surface area contributed by atoms with Crippen molar-refractivity contribution in [3.8, 4) is 6.07 Å². The van der Waals surface area contributed by atoms with Crippen LogP contribution in [0.5, 0.6) is 0 Å². The molecule has 0 heterocycles. The maximum atomic E-state index is 13.9. The van der Waals surface area contributed by atoms with Gasteiger partial charge in [0.2, 0.25) is 0 Å². The van der Waals surface area contributed by atoms with Gasteiger partial charge in [-0.2, -0.15) is 5.26 Å². The molecular formula is C24H33F2NO. The topological polar surface area (TPSA) is 33.0 Å². The van der Waals surface area contributed by atoms with Crippen LogP contribution in [0.15, 0.2) is 12.1 Å². The van der Waals surface area contributed by atoms with E-state index in [-0.39, 0.29) is 12.0 Å². The molecule has 0 aromatic heterocycles. The summed E-state index contributed by atoms with van der Waals surface area (Å²) in [5.74, 6) is 0.304. The molecule has 4 heteroatoms. The lowest BCUT2D eigenvalue weighted by atomic mass is 9.80. The average Bonchev–Trinajstić information content (AvgIpc) is 2.71. The first-order valence-electron chi connectivity index (χ1n) is 11.1. The van der Waals surface area contributed by atoms with Crippen LogP contribution < -0.4 is 0 Å². The van der Waals surface area contributed by atoms with Crippen LogP contribution in [0.25, 0.3) is 0 Å².